The number of hydrogen-bond donors (Lipinski definition) is 0. The number of nitrogens with zero attached hydrogens (tertiary/aromatic N) is 2. The lowest BCUT2D eigenvalue weighted by molar-refractivity contribution is 0.0719. The van der Waals surface area contributed by atoms with Crippen LogP contribution >= 0.6 is 0 Å². The molecule has 1 fully saturated rings. The summed E-state index contributed by atoms with van der Waals surface area (Å²) < 4.78 is 11.3. The summed E-state index contributed by atoms with van der Waals surface area (Å²) in [7, 11) is 0. The summed E-state index contributed by atoms with van der Waals surface area (Å²) in [4.78, 5) is 19.3. The molecule has 0 atom stereocenters. The molecular weight excluding hydrogens is 304 g/mol. The van der Waals surface area contributed by atoms with Crippen molar-refractivity contribution in [2.75, 3.05) is 13.1 Å². The fraction of sp³-hybridized carbons (Fsp3) is 0.263. The molecule has 4 rings (SSSR count). The highest BCUT2D eigenvalue weighted by atomic mass is 16.4. The summed E-state index contributed by atoms with van der Waals surface area (Å²) in [6.07, 6.45) is 4.80. The van der Waals surface area contributed by atoms with E-state index in [1.54, 1.807) is 18.4 Å². The SMILES string of the molecule is O=C(c1nc(-c2ccccc2)oc1-c1ccco1)N1CCCCC1. The van der Waals surface area contributed by atoms with Crippen LogP contribution in [0.1, 0.15) is 29.8 Å². The van der Waals surface area contributed by atoms with Crippen molar-refractivity contribution in [2.45, 2.75) is 19.3 Å². The lowest BCUT2D eigenvalue weighted by Crippen LogP contribution is -2.36. The molecule has 0 N–H and O–H groups in total. The van der Waals surface area contributed by atoms with Gasteiger partial charge in [-0.3, -0.25) is 4.79 Å². The van der Waals surface area contributed by atoms with Gasteiger partial charge in [0.2, 0.25) is 11.7 Å². The molecule has 3 heterocycles. The van der Waals surface area contributed by atoms with Crippen LogP contribution in [0.4, 0.5) is 0 Å². The standard InChI is InChI=1S/C19H18N2O3/c22-19(21-11-5-2-6-12-21)16-17(15-10-7-13-23-15)24-18(20-16)14-8-3-1-4-9-14/h1,3-4,7-10,13H,2,5-6,11-12H2. The zero-order valence-electron chi connectivity index (χ0n) is 13.3. The number of rotatable bonds is 3. The average molecular weight is 322 g/mol. The molecule has 0 radical (unpaired) electrons. The number of amides is 1. The molecule has 0 spiro atoms. The van der Waals surface area contributed by atoms with Crippen molar-refractivity contribution in [3.05, 3.63) is 54.4 Å². The van der Waals surface area contributed by atoms with Crippen molar-refractivity contribution in [2.24, 2.45) is 0 Å². The Morgan fingerprint density at radius 1 is 1.00 bits per heavy atom. The molecule has 0 saturated carbocycles. The highest BCUT2D eigenvalue weighted by molar-refractivity contribution is 5.97. The fourth-order valence-electron chi connectivity index (χ4n) is 2.99. The third-order valence-corrected chi connectivity index (χ3v) is 4.24. The number of likely N-dealkylation sites (tertiary alicyclic amines) is 1. The van der Waals surface area contributed by atoms with Gasteiger partial charge in [-0.25, -0.2) is 4.98 Å². The zero-order chi connectivity index (χ0) is 16.4. The summed E-state index contributed by atoms with van der Waals surface area (Å²) in [5, 5.41) is 0. The van der Waals surface area contributed by atoms with Crippen LogP contribution in [-0.4, -0.2) is 28.9 Å². The first-order valence-corrected chi connectivity index (χ1v) is 8.22. The van der Waals surface area contributed by atoms with Crippen molar-refractivity contribution in [3.63, 3.8) is 0 Å². The van der Waals surface area contributed by atoms with Crippen LogP contribution in [0.15, 0.2) is 57.6 Å². The highest BCUT2D eigenvalue weighted by Gasteiger charge is 2.28. The van der Waals surface area contributed by atoms with Crippen LogP contribution in [-0.2, 0) is 0 Å². The monoisotopic (exact) mass is 322 g/mol. The molecule has 0 unspecified atom stereocenters. The Bertz CT molecular complexity index is 816. The van der Waals surface area contributed by atoms with Gasteiger partial charge in [0.25, 0.3) is 5.91 Å². The largest absolute Gasteiger partial charge is 0.461 e. The van der Waals surface area contributed by atoms with E-state index in [9.17, 15) is 4.79 Å². The Kier molecular flexibility index (Phi) is 3.91. The summed E-state index contributed by atoms with van der Waals surface area (Å²) in [6, 6.07) is 13.1. The second kappa shape index (κ2) is 6.35. The number of carbonyl (C=O) groups is 1. The molecule has 1 aliphatic rings. The second-order valence-electron chi connectivity index (χ2n) is 5.89. The minimum absolute atomic E-state index is 0.0907. The number of furan rings is 1. The second-order valence-corrected chi connectivity index (χ2v) is 5.89. The predicted molar refractivity (Wildman–Crippen MR) is 89.4 cm³/mol. The number of benzene rings is 1. The van der Waals surface area contributed by atoms with Crippen LogP contribution in [0.5, 0.6) is 0 Å². The van der Waals surface area contributed by atoms with Crippen molar-refractivity contribution >= 4 is 5.91 Å². The molecule has 24 heavy (non-hydrogen) atoms. The first-order chi connectivity index (χ1) is 11.8. The number of oxazole rings is 1. The molecule has 2 aromatic heterocycles. The van der Waals surface area contributed by atoms with Gasteiger partial charge < -0.3 is 13.7 Å². The molecule has 1 amide bonds. The van der Waals surface area contributed by atoms with E-state index in [-0.39, 0.29) is 5.91 Å². The number of hydrogen-bond acceptors (Lipinski definition) is 4. The summed E-state index contributed by atoms with van der Waals surface area (Å²) in [6.45, 7) is 1.54. The molecule has 1 aromatic carbocycles. The molecule has 1 aliphatic heterocycles. The van der Waals surface area contributed by atoms with Crippen LogP contribution < -0.4 is 0 Å². The van der Waals surface area contributed by atoms with Crippen LogP contribution in [0, 0.1) is 0 Å². The average Bonchev–Trinajstić information content (AvgIpc) is 3.32. The van der Waals surface area contributed by atoms with Crippen molar-refractivity contribution < 1.29 is 13.6 Å². The van der Waals surface area contributed by atoms with E-state index in [2.05, 4.69) is 4.98 Å². The molecule has 0 bridgehead atoms. The molecular formula is C19H18N2O3. The van der Waals surface area contributed by atoms with Gasteiger partial charge >= 0.3 is 0 Å². The Morgan fingerprint density at radius 3 is 2.50 bits per heavy atom. The van der Waals surface area contributed by atoms with Gasteiger partial charge in [0.1, 0.15) is 0 Å². The maximum absolute atomic E-state index is 12.9. The number of aromatic nitrogens is 1. The van der Waals surface area contributed by atoms with E-state index in [4.69, 9.17) is 8.83 Å². The first-order valence-electron chi connectivity index (χ1n) is 8.22. The summed E-state index contributed by atoms with van der Waals surface area (Å²) in [5.41, 5.74) is 1.16. The third-order valence-electron chi connectivity index (χ3n) is 4.24. The lowest BCUT2D eigenvalue weighted by Gasteiger charge is -2.25. The number of piperidine rings is 1. The van der Waals surface area contributed by atoms with E-state index < -0.39 is 0 Å². The van der Waals surface area contributed by atoms with Gasteiger partial charge in [-0.2, -0.15) is 0 Å². The lowest BCUT2D eigenvalue weighted by atomic mass is 10.1. The van der Waals surface area contributed by atoms with E-state index in [1.165, 1.54) is 6.42 Å². The Balaban J connectivity index is 1.76. The van der Waals surface area contributed by atoms with E-state index >= 15 is 0 Å². The topological polar surface area (TPSA) is 59.5 Å². The van der Waals surface area contributed by atoms with Gasteiger partial charge in [-0.1, -0.05) is 18.2 Å². The molecule has 0 aliphatic carbocycles. The van der Waals surface area contributed by atoms with Gasteiger partial charge in [0, 0.05) is 18.7 Å². The van der Waals surface area contributed by atoms with Gasteiger partial charge in [-0.05, 0) is 43.5 Å². The summed E-state index contributed by atoms with van der Waals surface area (Å²) >= 11 is 0. The fourth-order valence-corrected chi connectivity index (χ4v) is 2.99. The molecule has 1 saturated heterocycles. The minimum Gasteiger partial charge on any atom is -0.461 e. The Hall–Kier alpha value is -2.82. The third kappa shape index (κ3) is 2.73. The van der Waals surface area contributed by atoms with Gasteiger partial charge in [0.15, 0.2) is 11.5 Å². The van der Waals surface area contributed by atoms with Crippen molar-refractivity contribution in [1.82, 2.24) is 9.88 Å². The molecule has 3 aromatic rings. The zero-order valence-corrected chi connectivity index (χ0v) is 13.3. The quantitative estimate of drug-likeness (QED) is 0.724. The van der Waals surface area contributed by atoms with E-state index in [1.807, 2.05) is 35.2 Å². The Morgan fingerprint density at radius 2 is 1.79 bits per heavy atom. The first kappa shape index (κ1) is 14.8. The van der Waals surface area contributed by atoms with Crippen LogP contribution in [0.2, 0.25) is 0 Å². The smallest absolute Gasteiger partial charge is 0.276 e. The maximum Gasteiger partial charge on any atom is 0.276 e. The predicted octanol–water partition coefficient (Wildman–Crippen LogP) is 4.23. The van der Waals surface area contributed by atoms with E-state index in [0.717, 1.165) is 31.5 Å². The maximum atomic E-state index is 12.9. The van der Waals surface area contributed by atoms with Gasteiger partial charge in [0.05, 0.1) is 6.26 Å². The Labute approximate surface area is 139 Å². The van der Waals surface area contributed by atoms with Crippen molar-refractivity contribution in [1.29, 1.82) is 0 Å². The summed E-state index contributed by atoms with van der Waals surface area (Å²) in [5.74, 6) is 1.26. The van der Waals surface area contributed by atoms with Crippen LogP contribution in [0.25, 0.3) is 23.0 Å². The molecule has 122 valence electrons. The normalized spacial score (nSPS) is 14.8. The molecule has 5 heteroatoms. The highest BCUT2D eigenvalue weighted by Crippen LogP contribution is 2.31. The van der Waals surface area contributed by atoms with Crippen LogP contribution in [0.3, 0.4) is 0 Å². The number of carbonyl (C=O) groups excluding carboxylic acids is 1. The molecule has 5 nitrogen and oxygen atoms in total. The van der Waals surface area contributed by atoms with Gasteiger partial charge in [-0.15, -0.1) is 0 Å². The van der Waals surface area contributed by atoms with E-state index in [0.29, 0.717) is 23.1 Å². The van der Waals surface area contributed by atoms with Crippen molar-refractivity contribution in [3.8, 4) is 23.0 Å². The minimum atomic E-state index is -0.0907.